The number of hydrogen-bond acceptors (Lipinski definition) is 7. The third-order valence-electron chi connectivity index (χ3n) is 3.29. The van der Waals surface area contributed by atoms with Crippen LogP contribution >= 0.6 is 23.7 Å². The van der Waals surface area contributed by atoms with E-state index in [1.807, 2.05) is 7.05 Å². The van der Waals surface area contributed by atoms with E-state index in [1.54, 1.807) is 5.38 Å². The number of nitrogens with one attached hydrogen (secondary N) is 1. The van der Waals surface area contributed by atoms with Crippen molar-refractivity contribution in [2.75, 3.05) is 26.7 Å². The maximum atomic E-state index is 12.3. The Morgan fingerprint density at radius 1 is 1.55 bits per heavy atom. The van der Waals surface area contributed by atoms with Gasteiger partial charge in [-0.2, -0.15) is 13.8 Å². The van der Waals surface area contributed by atoms with Crippen LogP contribution in [0.3, 0.4) is 0 Å². The summed E-state index contributed by atoms with van der Waals surface area (Å²) in [5.41, 5.74) is 0. The fourth-order valence-electron chi connectivity index (χ4n) is 2.20. The van der Waals surface area contributed by atoms with Gasteiger partial charge in [0, 0.05) is 19.6 Å². The number of thiophene rings is 1. The van der Waals surface area contributed by atoms with Gasteiger partial charge in [-0.15, -0.1) is 23.7 Å². The average molecular weight is 353 g/mol. The Labute approximate surface area is 135 Å². The lowest BCUT2D eigenvalue weighted by molar-refractivity contribution is -0.0492. The van der Waals surface area contributed by atoms with Crippen LogP contribution < -0.4 is 10.1 Å². The van der Waals surface area contributed by atoms with E-state index in [0.717, 1.165) is 19.6 Å². The van der Waals surface area contributed by atoms with Gasteiger partial charge in [-0.05, 0) is 18.5 Å². The molecule has 0 saturated carbocycles. The van der Waals surface area contributed by atoms with Gasteiger partial charge in [0.1, 0.15) is 10.6 Å². The predicted molar refractivity (Wildman–Crippen MR) is 79.7 cm³/mol. The van der Waals surface area contributed by atoms with E-state index in [2.05, 4.69) is 25.1 Å². The normalized spacial score (nSPS) is 19.2. The standard InChI is InChI=1S/C12H14F2N4O2S.ClH/c1-18-4-3-15-6-7(18)10-16-11(20-17-10)9-8(2-5-21-9)19-12(13)14;/h2,5,7,12,15H,3-4,6H2,1H3;1H. The first-order valence-corrected chi connectivity index (χ1v) is 7.30. The van der Waals surface area contributed by atoms with Gasteiger partial charge in [0.2, 0.25) is 0 Å². The first-order chi connectivity index (χ1) is 10.1. The molecule has 10 heteroatoms. The minimum Gasteiger partial charge on any atom is -0.433 e. The number of hydrogen-bond donors (Lipinski definition) is 1. The van der Waals surface area contributed by atoms with E-state index in [4.69, 9.17) is 4.52 Å². The molecular formula is C12H15ClF2N4O2S. The molecule has 0 aliphatic carbocycles. The number of nitrogens with zero attached hydrogens (tertiary/aromatic N) is 3. The molecule has 1 aliphatic heterocycles. The molecule has 0 spiro atoms. The number of alkyl halides is 2. The van der Waals surface area contributed by atoms with Gasteiger partial charge in [-0.3, -0.25) is 4.90 Å². The Balaban J connectivity index is 0.00000176. The predicted octanol–water partition coefficient (Wildman–Crippen LogP) is 2.40. The van der Waals surface area contributed by atoms with Crippen molar-refractivity contribution in [3.8, 4) is 16.5 Å². The first kappa shape index (κ1) is 17.1. The van der Waals surface area contributed by atoms with E-state index < -0.39 is 6.61 Å². The highest BCUT2D eigenvalue weighted by molar-refractivity contribution is 7.13. The third kappa shape index (κ3) is 3.54. The van der Waals surface area contributed by atoms with Crippen LogP contribution in [-0.2, 0) is 0 Å². The minimum atomic E-state index is -2.88. The second-order valence-corrected chi connectivity index (χ2v) is 5.57. The number of piperazine rings is 1. The number of aromatic nitrogens is 2. The summed E-state index contributed by atoms with van der Waals surface area (Å²) in [5, 5.41) is 8.87. The monoisotopic (exact) mass is 352 g/mol. The Morgan fingerprint density at radius 2 is 2.36 bits per heavy atom. The number of ether oxygens (including phenoxy) is 1. The summed E-state index contributed by atoms with van der Waals surface area (Å²) >= 11 is 1.22. The van der Waals surface area contributed by atoms with Crippen LogP contribution in [-0.4, -0.2) is 48.3 Å². The number of likely N-dealkylation sites (N-methyl/N-ethyl adjacent to an activating group) is 1. The summed E-state index contributed by atoms with van der Waals surface area (Å²) in [7, 11) is 1.98. The Hall–Kier alpha value is -1.29. The van der Waals surface area contributed by atoms with E-state index in [1.165, 1.54) is 17.4 Å². The van der Waals surface area contributed by atoms with Crippen LogP contribution in [0.4, 0.5) is 8.78 Å². The molecule has 1 N–H and O–H groups in total. The molecule has 1 fully saturated rings. The fraction of sp³-hybridized carbons (Fsp3) is 0.500. The highest BCUT2D eigenvalue weighted by Crippen LogP contribution is 2.36. The summed E-state index contributed by atoms with van der Waals surface area (Å²) in [6, 6.07) is 1.47. The molecule has 6 nitrogen and oxygen atoms in total. The number of halogens is 3. The lowest BCUT2D eigenvalue weighted by atomic mass is 10.2. The van der Waals surface area contributed by atoms with Crippen LogP contribution in [0.15, 0.2) is 16.0 Å². The Bertz CT molecular complexity index is 609. The molecule has 2 aromatic rings. The van der Waals surface area contributed by atoms with Crippen LogP contribution in [0.1, 0.15) is 11.9 Å². The maximum absolute atomic E-state index is 12.3. The maximum Gasteiger partial charge on any atom is 0.387 e. The zero-order valence-corrected chi connectivity index (χ0v) is 13.3. The molecule has 3 heterocycles. The van der Waals surface area contributed by atoms with Gasteiger partial charge in [0.25, 0.3) is 5.89 Å². The van der Waals surface area contributed by atoms with Crippen LogP contribution in [0.5, 0.6) is 5.75 Å². The van der Waals surface area contributed by atoms with Gasteiger partial charge in [0.15, 0.2) is 5.82 Å². The quantitative estimate of drug-likeness (QED) is 0.911. The SMILES string of the molecule is CN1CCNCC1c1noc(-c2sccc2OC(F)F)n1.Cl. The van der Waals surface area contributed by atoms with Crippen molar-refractivity contribution in [3.05, 3.63) is 17.3 Å². The molecule has 122 valence electrons. The van der Waals surface area contributed by atoms with Crippen molar-refractivity contribution in [2.45, 2.75) is 12.7 Å². The molecule has 0 bridgehead atoms. The highest BCUT2D eigenvalue weighted by Gasteiger charge is 2.26. The fourth-order valence-corrected chi connectivity index (χ4v) is 2.94. The molecule has 2 aromatic heterocycles. The second-order valence-electron chi connectivity index (χ2n) is 4.65. The van der Waals surface area contributed by atoms with E-state index in [9.17, 15) is 8.78 Å². The van der Waals surface area contributed by atoms with Crippen LogP contribution in [0.2, 0.25) is 0 Å². The summed E-state index contributed by atoms with van der Waals surface area (Å²) in [4.78, 5) is 6.86. The van der Waals surface area contributed by atoms with E-state index >= 15 is 0 Å². The third-order valence-corrected chi connectivity index (χ3v) is 4.17. The zero-order chi connectivity index (χ0) is 14.8. The summed E-state index contributed by atoms with van der Waals surface area (Å²) in [6.07, 6.45) is 0. The van der Waals surface area contributed by atoms with Crippen molar-refractivity contribution in [3.63, 3.8) is 0 Å². The van der Waals surface area contributed by atoms with Crippen molar-refractivity contribution in [1.82, 2.24) is 20.4 Å². The largest absolute Gasteiger partial charge is 0.433 e. The van der Waals surface area contributed by atoms with Crippen molar-refractivity contribution < 1.29 is 18.0 Å². The second kappa shape index (κ2) is 7.32. The Kier molecular flexibility index (Phi) is 5.68. The molecule has 0 amide bonds. The smallest absolute Gasteiger partial charge is 0.387 e. The minimum absolute atomic E-state index is 0. The molecule has 1 saturated heterocycles. The van der Waals surface area contributed by atoms with Crippen molar-refractivity contribution in [2.24, 2.45) is 0 Å². The van der Waals surface area contributed by atoms with Crippen molar-refractivity contribution in [1.29, 1.82) is 0 Å². The molecular weight excluding hydrogens is 338 g/mol. The molecule has 1 atom stereocenters. The number of rotatable bonds is 4. The summed E-state index contributed by atoms with van der Waals surface area (Å²) in [5.74, 6) is 0.797. The first-order valence-electron chi connectivity index (χ1n) is 6.42. The molecule has 22 heavy (non-hydrogen) atoms. The van der Waals surface area contributed by atoms with Crippen molar-refractivity contribution >= 4 is 23.7 Å². The van der Waals surface area contributed by atoms with Crippen LogP contribution in [0.25, 0.3) is 10.8 Å². The highest BCUT2D eigenvalue weighted by atomic mass is 35.5. The summed E-state index contributed by atoms with van der Waals surface area (Å²) in [6.45, 7) is -0.364. The van der Waals surface area contributed by atoms with Gasteiger partial charge in [0.05, 0.1) is 6.04 Å². The zero-order valence-electron chi connectivity index (χ0n) is 11.7. The molecule has 0 aromatic carbocycles. The lowest BCUT2D eigenvalue weighted by Crippen LogP contribution is -2.44. The van der Waals surface area contributed by atoms with Gasteiger partial charge >= 0.3 is 6.61 Å². The molecule has 1 unspecified atom stereocenters. The van der Waals surface area contributed by atoms with Gasteiger partial charge < -0.3 is 14.6 Å². The van der Waals surface area contributed by atoms with E-state index in [-0.39, 0.29) is 30.1 Å². The molecule has 1 aliphatic rings. The average Bonchev–Trinajstić information content (AvgIpc) is 3.07. The summed E-state index contributed by atoms with van der Waals surface area (Å²) < 4.78 is 34.3. The van der Waals surface area contributed by atoms with Gasteiger partial charge in [-0.25, -0.2) is 0 Å². The topological polar surface area (TPSA) is 63.4 Å². The molecule has 3 rings (SSSR count). The van der Waals surface area contributed by atoms with Crippen LogP contribution in [0, 0.1) is 0 Å². The molecule has 0 radical (unpaired) electrons. The lowest BCUT2D eigenvalue weighted by Gasteiger charge is -2.30. The van der Waals surface area contributed by atoms with Gasteiger partial charge in [-0.1, -0.05) is 5.16 Å². The van der Waals surface area contributed by atoms with E-state index in [0.29, 0.717) is 10.7 Å². The Morgan fingerprint density at radius 3 is 3.09 bits per heavy atom.